The number of hydrogen-bond acceptors (Lipinski definition) is 4. The zero-order valence-corrected chi connectivity index (χ0v) is 16.1. The van der Waals surface area contributed by atoms with Gasteiger partial charge in [-0.15, -0.1) is 5.10 Å². The number of rotatable bonds is 7. The molecule has 1 aromatic rings. The Bertz CT molecular complexity index is 757. The molecule has 2 atom stereocenters. The van der Waals surface area contributed by atoms with Crippen LogP contribution in [0.15, 0.2) is 40.8 Å². The third-order valence-electron chi connectivity index (χ3n) is 5.80. The van der Waals surface area contributed by atoms with Crippen molar-refractivity contribution in [2.45, 2.75) is 65.2 Å². The molecule has 3 aliphatic rings. The first kappa shape index (κ1) is 17.5. The molecule has 0 radical (unpaired) electrons. The second-order valence-electron chi connectivity index (χ2n) is 8.07. The Kier molecular flexibility index (Phi) is 4.98. The van der Waals surface area contributed by atoms with Crippen molar-refractivity contribution in [1.29, 1.82) is 0 Å². The number of allylic oxidation sites excluding steroid dienone is 5. The summed E-state index contributed by atoms with van der Waals surface area (Å²) in [5, 5.41) is 8.51. The molecule has 26 heavy (non-hydrogen) atoms. The Labute approximate surface area is 155 Å². The standard InChI is InChI=1S/C21H29N3O2/c1-14(2)8-9-24-12-17(22-23-24)13-26-20-10-16-5-4-15-6-7-18(25-3)11-19(20)21(15)16/h6-7,12,14,16,20H,4-5,8-11,13H2,1-3H3/t16-,20+/m0/s1. The SMILES string of the molecule is COC1=CC=C2CC[C@H]3C[C@@H](OCc4cn(CCC(C)C)nn4)C(=C23)C1. The lowest BCUT2D eigenvalue weighted by Crippen LogP contribution is -2.14. The molecule has 5 nitrogen and oxygen atoms in total. The van der Waals surface area contributed by atoms with Crippen LogP contribution in [0.25, 0.3) is 0 Å². The molecule has 4 rings (SSSR count). The highest BCUT2D eigenvalue weighted by molar-refractivity contribution is 5.50. The highest BCUT2D eigenvalue weighted by Crippen LogP contribution is 2.50. The van der Waals surface area contributed by atoms with Crippen molar-refractivity contribution in [2.24, 2.45) is 11.8 Å². The third-order valence-corrected chi connectivity index (χ3v) is 5.80. The Hall–Kier alpha value is -1.88. The Morgan fingerprint density at radius 3 is 3.00 bits per heavy atom. The van der Waals surface area contributed by atoms with Gasteiger partial charge in [-0.2, -0.15) is 0 Å². The Morgan fingerprint density at radius 2 is 2.19 bits per heavy atom. The fourth-order valence-corrected chi connectivity index (χ4v) is 4.37. The number of hydrogen-bond donors (Lipinski definition) is 0. The molecule has 5 heteroatoms. The summed E-state index contributed by atoms with van der Waals surface area (Å²) in [5.74, 6) is 2.36. The van der Waals surface area contributed by atoms with E-state index in [9.17, 15) is 0 Å². The molecule has 0 aromatic carbocycles. The molecule has 140 valence electrons. The summed E-state index contributed by atoms with van der Waals surface area (Å²) < 4.78 is 13.8. The summed E-state index contributed by atoms with van der Waals surface area (Å²) in [6, 6.07) is 0. The predicted octanol–water partition coefficient (Wildman–Crippen LogP) is 4.18. The van der Waals surface area contributed by atoms with Gasteiger partial charge in [0.05, 0.1) is 31.8 Å². The van der Waals surface area contributed by atoms with Crippen LogP contribution < -0.4 is 0 Å². The number of ether oxygens (including phenoxy) is 2. The van der Waals surface area contributed by atoms with Crippen LogP contribution in [0.2, 0.25) is 0 Å². The lowest BCUT2D eigenvalue weighted by molar-refractivity contribution is 0.0551. The number of aryl methyl sites for hydroxylation is 1. The molecule has 0 bridgehead atoms. The van der Waals surface area contributed by atoms with Crippen molar-refractivity contribution in [3.8, 4) is 0 Å². The summed E-state index contributed by atoms with van der Waals surface area (Å²) >= 11 is 0. The number of nitrogens with zero attached hydrogens (tertiary/aromatic N) is 3. The van der Waals surface area contributed by atoms with Crippen LogP contribution in [-0.4, -0.2) is 28.2 Å². The molecule has 1 aromatic heterocycles. The van der Waals surface area contributed by atoms with Gasteiger partial charge in [0.15, 0.2) is 0 Å². The Morgan fingerprint density at radius 1 is 1.31 bits per heavy atom. The molecular weight excluding hydrogens is 326 g/mol. The second kappa shape index (κ2) is 7.39. The van der Waals surface area contributed by atoms with Crippen LogP contribution >= 0.6 is 0 Å². The Balaban J connectivity index is 1.42. The molecule has 0 unspecified atom stereocenters. The number of methoxy groups -OCH3 is 1. The van der Waals surface area contributed by atoms with Crippen LogP contribution in [0.1, 0.15) is 51.6 Å². The second-order valence-corrected chi connectivity index (χ2v) is 8.07. The van der Waals surface area contributed by atoms with E-state index in [0.29, 0.717) is 18.4 Å². The summed E-state index contributed by atoms with van der Waals surface area (Å²) in [5.41, 5.74) is 5.39. The van der Waals surface area contributed by atoms with Gasteiger partial charge in [-0.1, -0.05) is 25.1 Å². The molecule has 3 aliphatic carbocycles. The van der Waals surface area contributed by atoms with Gasteiger partial charge in [0, 0.05) is 13.0 Å². The molecule has 1 saturated carbocycles. The van der Waals surface area contributed by atoms with Gasteiger partial charge in [0.1, 0.15) is 5.69 Å². The van der Waals surface area contributed by atoms with E-state index in [1.165, 1.54) is 24.0 Å². The monoisotopic (exact) mass is 355 g/mol. The van der Waals surface area contributed by atoms with Crippen molar-refractivity contribution in [3.05, 3.63) is 46.5 Å². The third kappa shape index (κ3) is 3.50. The van der Waals surface area contributed by atoms with Crippen molar-refractivity contribution in [3.63, 3.8) is 0 Å². The lowest BCUT2D eigenvalue weighted by atomic mass is 10.0. The van der Waals surface area contributed by atoms with E-state index in [4.69, 9.17) is 9.47 Å². The van der Waals surface area contributed by atoms with Crippen molar-refractivity contribution >= 4 is 0 Å². The van der Waals surface area contributed by atoms with Crippen LogP contribution in [0, 0.1) is 11.8 Å². The van der Waals surface area contributed by atoms with E-state index in [2.05, 4.69) is 36.3 Å². The lowest BCUT2D eigenvalue weighted by Gasteiger charge is -2.17. The number of aromatic nitrogens is 3. The molecule has 1 fully saturated rings. The minimum absolute atomic E-state index is 0.177. The molecule has 0 saturated heterocycles. The topological polar surface area (TPSA) is 49.2 Å². The molecule has 0 aliphatic heterocycles. The van der Waals surface area contributed by atoms with E-state index < -0.39 is 0 Å². The summed E-state index contributed by atoms with van der Waals surface area (Å²) in [4.78, 5) is 0. The summed E-state index contributed by atoms with van der Waals surface area (Å²) in [7, 11) is 1.76. The van der Waals surface area contributed by atoms with Gasteiger partial charge in [-0.05, 0) is 60.3 Å². The van der Waals surface area contributed by atoms with Gasteiger partial charge >= 0.3 is 0 Å². The van der Waals surface area contributed by atoms with Gasteiger partial charge in [-0.3, -0.25) is 4.68 Å². The zero-order chi connectivity index (χ0) is 18.1. The fraction of sp³-hybridized carbons (Fsp3) is 0.619. The summed E-state index contributed by atoms with van der Waals surface area (Å²) in [6.45, 7) is 5.90. The minimum atomic E-state index is 0.177. The summed E-state index contributed by atoms with van der Waals surface area (Å²) in [6.07, 6.45) is 12.1. The largest absolute Gasteiger partial charge is 0.501 e. The van der Waals surface area contributed by atoms with Crippen LogP contribution in [0.3, 0.4) is 0 Å². The maximum Gasteiger partial charge on any atom is 0.108 e. The average molecular weight is 355 g/mol. The zero-order valence-electron chi connectivity index (χ0n) is 16.1. The molecule has 0 amide bonds. The fourth-order valence-electron chi connectivity index (χ4n) is 4.37. The minimum Gasteiger partial charge on any atom is -0.501 e. The van der Waals surface area contributed by atoms with E-state index in [-0.39, 0.29) is 6.10 Å². The molecular formula is C21H29N3O2. The van der Waals surface area contributed by atoms with Gasteiger partial charge in [0.25, 0.3) is 0 Å². The van der Waals surface area contributed by atoms with Crippen LogP contribution in [0.5, 0.6) is 0 Å². The molecule has 1 heterocycles. The quantitative estimate of drug-likeness (QED) is 0.736. The van der Waals surface area contributed by atoms with Gasteiger partial charge < -0.3 is 9.47 Å². The maximum atomic E-state index is 6.31. The average Bonchev–Trinajstić information content (AvgIpc) is 3.28. The van der Waals surface area contributed by atoms with E-state index >= 15 is 0 Å². The van der Waals surface area contributed by atoms with Crippen molar-refractivity contribution in [1.82, 2.24) is 15.0 Å². The van der Waals surface area contributed by atoms with E-state index in [0.717, 1.165) is 37.3 Å². The first-order valence-corrected chi connectivity index (χ1v) is 9.81. The highest BCUT2D eigenvalue weighted by Gasteiger charge is 2.40. The predicted molar refractivity (Wildman–Crippen MR) is 100 cm³/mol. The maximum absolute atomic E-state index is 6.31. The smallest absolute Gasteiger partial charge is 0.108 e. The van der Waals surface area contributed by atoms with Crippen molar-refractivity contribution in [2.75, 3.05) is 7.11 Å². The van der Waals surface area contributed by atoms with Gasteiger partial charge in [-0.25, -0.2) is 0 Å². The molecule has 0 spiro atoms. The van der Waals surface area contributed by atoms with Crippen LogP contribution in [-0.2, 0) is 22.6 Å². The first-order chi connectivity index (χ1) is 12.6. The van der Waals surface area contributed by atoms with Crippen LogP contribution in [0.4, 0.5) is 0 Å². The van der Waals surface area contributed by atoms with E-state index in [1.54, 1.807) is 12.7 Å². The normalized spacial score (nSPS) is 24.6. The van der Waals surface area contributed by atoms with Gasteiger partial charge in [0.2, 0.25) is 0 Å². The molecule has 0 N–H and O–H groups in total. The van der Waals surface area contributed by atoms with Crippen molar-refractivity contribution < 1.29 is 9.47 Å². The highest BCUT2D eigenvalue weighted by atomic mass is 16.5. The van der Waals surface area contributed by atoms with E-state index in [1.807, 2.05) is 10.9 Å². The first-order valence-electron chi connectivity index (χ1n) is 9.81.